The van der Waals surface area contributed by atoms with E-state index in [1.165, 1.54) is 4.90 Å². The topological polar surface area (TPSA) is 110 Å². The van der Waals surface area contributed by atoms with Crippen LogP contribution in [0.15, 0.2) is 24.3 Å². The Labute approximate surface area is 97.8 Å². The molecular weight excluding hydrogens is 222 g/mol. The maximum absolute atomic E-state index is 11.8. The first-order valence-corrected chi connectivity index (χ1v) is 5.17. The number of amides is 1. The number of carbonyl (C=O) groups excluding carboxylic acids is 1. The SMILES string of the molecule is Nc1ccc(N2C(=O)[C@@H](N)C[C@H]2C(=O)O)cc1. The maximum atomic E-state index is 11.8. The minimum absolute atomic E-state index is 0.124. The monoisotopic (exact) mass is 235 g/mol. The van der Waals surface area contributed by atoms with E-state index >= 15 is 0 Å². The number of carbonyl (C=O) groups is 2. The van der Waals surface area contributed by atoms with Crippen molar-refractivity contribution in [2.45, 2.75) is 18.5 Å². The molecule has 6 nitrogen and oxygen atoms in total. The number of nitrogens with two attached hydrogens (primary N) is 2. The molecule has 1 heterocycles. The fourth-order valence-corrected chi connectivity index (χ4v) is 1.93. The van der Waals surface area contributed by atoms with E-state index in [9.17, 15) is 9.59 Å². The Kier molecular flexibility index (Phi) is 2.72. The Hall–Kier alpha value is -2.08. The van der Waals surface area contributed by atoms with Gasteiger partial charge in [-0.25, -0.2) is 4.79 Å². The number of nitrogens with zero attached hydrogens (tertiary/aromatic N) is 1. The van der Waals surface area contributed by atoms with Crippen LogP contribution in [0.2, 0.25) is 0 Å². The summed E-state index contributed by atoms with van der Waals surface area (Å²) in [5.74, 6) is -1.43. The van der Waals surface area contributed by atoms with Crippen molar-refractivity contribution in [1.82, 2.24) is 0 Å². The third-order valence-corrected chi connectivity index (χ3v) is 2.80. The Morgan fingerprint density at radius 3 is 2.47 bits per heavy atom. The van der Waals surface area contributed by atoms with Crippen LogP contribution in [0.5, 0.6) is 0 Å². The molecule has 0 saturated carbocycles. The number of carboxylic acids is 1. The van der Waals surface area contributed by atoms with E-state index in [-0.39, 0.29) is 12.3 Å². The van der Waals surface area contributed by atoms with Crippen molar-refractivity contribution in [2.75, 3.05) is 10.6 Å². The summed E-state index contributed by atoms with van der Waals surface area (Å²) in [4.78, 5) is 24.1. The van der Waals surface area contributed by atoms with Crippen LogP contribution in [0.1, 0.15) is 6.42 Å². The summed E-state index contributed by atoms with van der Waals surface area (Å²) < 4.78 is 0. The highest BCUT2D eigenvalue weighted by Gasteiger charge is 2.42. The predicted molar refractivity (Wildman–Crippen MR) is 62.4 cm³/mol. The zero-order valence-corrected chi connectivity index (χ0v) is 9.04. The molecule has 0 spiro atoms. The van der Waals surface area contributed by atoms with Gasteiger partial charge in [-0.15, -0.1) is 0 Å². The van der Waals surface area contributed by atoms with Crippen LogP contribution in [0.25, 0.3) is 0 Å². The van der Waals surface area contributed by atoms with Crippen LogP contribution < -0.4 is 16.4 Å². The van der Waals surface area contributed by atoms with E-state index < -0.39 is 18.1 Å². The van der Waals surface area contributed by atoms with Crippen LogP contribution in [0.4, 0.5) is 11.4 Å². The van der Waals surface area contributed by atoms with E-state index in [1.54, 1.807) is 24.3 Å². The molecule has 0 aliphatic carbocycles. The lowest BCUT2D eigenvalue weighted by Gasteiger charge is -2.21. The number of benzene rings is 1. The molecule has 1 aliphatic rings. The Morgan fingerprint density at radius 2 is 1.94 bits per heavy atom. The molecule has 1 aromatic rings. The third-order valence-electron chi connectivity index (χ3n) is 2.80. The predicted octanol–water partition coefficient (Wildman–Crippen LogP) is -0.214. The highest BCUT2D eigenvalue weighted by atomic mass is 16.4. The molecule has 0 unspecified atom stereocenters. The lowest BCUT2D eigenvalue weighted by atomic mass is 10.2. The van der Waals surface area contributed by atoms with Crippen LogP contribution in [0, 0.1) is 0 Å². The summed E-state index contributed by atoms with van der Waals surface area (Å²) in [6.45, 7) is 0. The number of hydrogen-bond donors (Lipinski definition) is 3. The van der Waals surface area contributed by atoms with E-state index in [4.69, 9.17) is 16.6 Å². The normalized spacial score (nSPS) is 24.1. The van der Waals surface area contributed by atoms with Crippen molar-refractivity contribution in [1.29, 1.82) is 0 Å². The van der Waals surface area contributed by atoms with Gasteiger partial charge in [-0.2, -0.15) is 0 Å². The summed E-state index contributed by atoms with van der Waals surface area (Å²) >= 11 is 0. The fraction of sp³-hybridized carbons (Fsp3) is 0.273. The second kappa shape index (κ2) is 4.06. The van der Waals surface area contributed by atoms with Gasteiger partial charge in [0.25, 0.3) is 0 Å². The molecule has 90 valence electrons. The van der Waals surface area contributed by atoms with E-state index in [2.05, 4.69) is 0 Å². The first-order valence-electron chi connectivity index (χ1n) is 5.17. The summed E-state index contributed by atoms with van der Waals surface area (Å²) in [5, 5.41) is 9.06. The van der Waals surface area contributed by atoms with Gasteiger partial charge >= 0.3 is 5.97 Å². The third kappa shape index (κ3) is 1.94. The van der Waals surface area contributed by atoms with Gasteiger partial charge in [0.05, 0.1) is 6.04 Å². The van der Waals surface area contributed by atoms with E-state index in [1.807, 2.05) is 0 Å². The zero-order chi connectivity index (χ0) is 12.6. The fourth-order valence-electron chi connectivity index (χ4n) is 1.93. The average molecular weight is 235 g/mol. The maximum Gasteiger partial charge on any atom is 0.326 e. The Morgan fingerprint density at radius 1 is 1.35 bits per heavy atom. The lowest BCUT2D eigenvalue weighted by molar-refractivity contribution is -0.138. The van der Waals surface area contributed by atoms with Gasteiger partial charge in [0, 0.05) is 17.8 Å². The first-order chi connectivity index (χ1) is 8.00. The van der Waals surface area contributed by atoms with E-state index in [0.29, 0.717) is 11.4 Å². The molecule has 1 amide bonds. The van der Waals surface area contributed by atoms with Gasteiger partial charge in [0.2, 0.25) is 5.91 Å². The highest BCUT2D eigenvalue weighted by molar-refractivity contribution is 6.05. The summed E-state index contributed by atoms with van der Waals surface area (Å²) in [5.41, 5.74) is 12.2. The molecule has 17 heavy (non-hydrogen) atoms. The molecule has 0 bridgehead atoms. The van der Waals surface area contributed by atoms with Crippen molar-refractivity contribution in [3.8, 4) is 0 Å². The molecular formula is C11H13N3O3. The van der Waals surface area contributed by atoms with Crippen molar-refractivity contribution in [3.05, 3.63) is 24.3 Å². The molecule has 6 heteroatoms. The van der Waals surface area contributed by atoms with Crippen molar-refractivity contribution >= 4 is 23.3 Å². The van der Waals surface area contributed by atoms with Gasteiger partial charge in [-0.3, -0.25) is 9.69 Å². The van der Waals surface area contributed by atoms with Crippen molar-refractivity contribution in [3.63, 3.8) is 0 Å². The molecule has 2 rings (SSSR count). The minimum Gasteiger partial charge on any atom is -0.480 e. The Bertz CT molecular complexity index is 458. The smallest absolute Gasteiger partial charge is 0.326 e. The quantitative estimate of drug-likeness (QED) is 0.614. The van der Waals surface area contributed by atoms with Gasteiger partial charge in [0.1, 0.15) is 6.04 Å². The molecule has 1 fully saturated rings. The van der Waals surface area contributed by atoms with Crippen molar-refractivity contribution < 1.29 is 14.7 Å². The first kappa shape index (κ1) is 11.4. The van der Waals surface area contributed by atoms with Crippen LogP contribution >= 0.6 is 0 Å². The van der Waals surface area contributed by atoms with E-state index in [0.717, 1.165) is 0 Å². The second-order valence-corrected chi connectivity index (χ2v) is 4.00. The average Bonchev–Trinajstić information content (AvgIpc) is 2.57. The van der Waals surface area contributed by atoms with Gasteiger partial charge in [-0.1, -0.05) is 0 Å². The lowest BCUT2D eigenvalue weighted by Crippen LogP contribution is -2.40. The molecule has 2 atom stereocenters. The van der Waals surface area contributed by atoms with Crippen LogP contribution in [0.3, 0.4) is 0 Å². The zero-order valence-electron chi connectivity index (χ0n) is 9.04. The Balaban J connectivity index is 2.37. The summed E-state index contributed by atoms with van der Waals surface area (Å²) in [6.07, 6.45) is 0.124. The highest BCUT2D eigenvalue weighted by Crippen LogP contribution is 2.26. The molecule has 0 radical (unpaired) electrons. The molecule has 1 aliphatic heterocycles. The summed E-state index contributed by atoms with van der Waals surface area (Å²) in [6, 6.07) is 4.80. The molecule has 0 aromatic heterocycles. The molecule has 1 aromatic carbocycles. The van der Waals surface area contributed by atoms with Gasteiger partial charge in [0.15, 0.2) is 0 Å². The number of rotatable bonds is 2. The molecule has 1 saturated heterocycles. The van der Waals surface area contributed by atoms with Crippen LogP contribution in [-0.4, -0.2) is 29.1 Å². The van der Waals surface area contributed by atoms with Crippen LogP contribution in [-0.2, 0) is 9.59 Å². The number of carboxylic acid groups (broad SMARTS) is 1. The second-order valence-electron chi connectivity index (χ2n) is 4.00. The van der Waals surface area contributed by atoms with Gasteiger partial charge in [-0.05, 0) is 24.3 Å². The molecule has 5 N–H and O–H groups in total. The van der Waals surface area contributed by atoms with Crippen molar-refractivity contribution in [2.24, 2.45) is 5.73 Å². The minimum atomic E-state index is -1.05. The number of anilines is 2. The summed E-state index contributed by atoms with van der Waals surface area (Å²) in [7, 11) is 0. The number of nitrogen functional groups attached to an aromatic ring is 1. The largest absolute Gasteiger partial charge is 0.480 e. The number of hydrogen-bond acceptors (Lipinski definition) is 4. The number of aliphatic carboxylic acids is 1. The van der Waals surface area contributed by atoms with Gasteiger partial charge < -0.3 is 16.6 Å². The standard InChI is InChI=1S/C11H13N3O3/c12-6-1-3-7(4-2-6)14-9(11(16)17)5-8(13)10(14)15/h1-4,8-9H,5,12-13H2,(H,16,17)/t8-,9-/m0/s1.